The molecule has 0 aliphatic heterocycles. The summed E-state index contributed by atoms with van der Waals surface area (Å²) in [5.41, 5.74) is 6.55. The zero-order chi connectivity index (χ0) is 14.1. The lowest BCUT2D eigenvalue weighted by Crippen LogP contribution is -2.28. The van der Waals surface area contributed by atoms with Crippen molar-refractivity contribution in [3.05, 3.63) is 23.3 Å². The van der Waals surface area contributed by atoms with Crippen LogP contribution in [0.25, 0.3) is 10.1 Å². The van der Waals surface area contributed by atoms with E-state index >= 15 is 0 Å². The number of nitrogens with two attached hydrogens (primary N) is 1. The molecule has 1 aliphatic rings. The van der Waals surface area contributed by atoms with Crippen LogP contribution in [-0.4, -0.2) is 28.6 Å². The molecule has 1 aliphatic carbocycles. The molecule has 0 bridgehead atoms. The minimum Gasteiger partial charge on any atom is -0.397 e. The van der Waals surface area contributed by atoms with Crippen molar-refractivity contribution in [2.24, 2.45) is 5.92 Å². The summed E-state index contributed by atoms with van der Waals surface area (Å²) >= 11 is 1.37. The van der Waals surface area contributed by atoms with Gasteiger partial charge < -0.3 is 16.2 Å². The number of fused-ring (bicyclic) bond motifs is 1. The third-order valence-electron chi connectivity index (χ3n) is 3.80. The van der Waals surface area contributed by atoms with Gasteiger partial charge in [-0.05, 0) is 31.2 Å². The molecule has 2 aromatic heterocycles. The quantitative estimate of drug-likeness (QED) is 0.804. The summed E-state index contributed by atoms with van der Waals surface area (Å²) in [7, 11) is 0. The van der Waals surface area contributed by atoms with Gasteiger partial charge in [0, 0.05) is 24.3 Å². The molecule has 20 heavy (non-hydrogen) atoms. The van der Waals surface area contributed by atoms with Gasteiger partial charge in [-0.2, -0.15) is 0 Å². The van der Waals surface area contributed by atoms with Crippen molar-refractivity contribution in [3.8, 4) is 0 Å². The van der Waals surface area contributed by atoms with E-state index in [1.165, 1.54) is 11.3 Å². The summed E-state index contributed by atoms with van der Waals surface area (Å²) in [6.45, 7) is 0.599. The smallest absolute Gasteiger partial charge is 0.263 e. The standard InChI is InChI=1S/C14H17N3O2S/c15-12-10-3-4-16-7-11(10)20-13(12)14(19)17-6-8-1-2-9(18)5-8/h3-4,7-9,18H,1-2,5-6,15H2,(H,17,19). The van der Waals surface area contributed by atoms with E-state index in [0.29, 0.717) is 23.0 Å². The van der Waals surface area contributed by atoms with Gasteiger partial charge >= 0.3 is 0 Å². The number of aromatic nitrogens is 1. The van der Waals surface area contributed by atoms with Crippen LogP contribution in [-0.2, 0) is 0 Å². The van der Waals surface area contributed by atoms with E-state index in [9.17, 15) is 9.90 Å². The fourth-order valence-electron chi connectivity index (χ4n) is 2.69. The number of carbonyl (C=O) groups excluding carboxylic acids is 1. The van der Waals surface area contributed by atoms with Gasteiger partial charge in [0.1, 0.15) is 4.88 Å². The number of nitrogens with zero attached hydrogens (tertiary/aromatic N) is 1. The minimum absolute atomic E-state index is 0.134. The number of carbonyl (C=O) groups is 1. The Morgan fingerprint density at radius 2 is 2.40 bits per heavy atom. The van der Waals surface area contributed by atoms with Crippen LogP contribution in [0, 0.1) is 5.92 Å². The van der Waals surface area contributed by atoms with Crippen LogP contribution in [0.4, 0.5) is 5.69 Å². The van der Waals surface area contributed by atoms with Gasteiger partial charge in [0.05, 0.1) is 16.5 Å². The van der Waals surface area contributed by atoms with Gasteiger partial charge in [-0.25, -0.2) is 0 Å². The summed E-state index contributed by atoms with van der Waals surface area (Å²) in [6, 6.07) is 1.82. The van der Waals surface area contributed by atoms with Gasteiger partial charge in [-0.3, -0.25) is 9.78 Å². The highest BCUT2D eigenvalue weighted by atomic mass is 32.1. The van der Waals surface area contributed by atoms with Crippen LogP contribution in [0.5, 0.6) is 0 Å². The second kappa shape index (κ2) is 5.38. The van der Waals surface area contributed by atoms with Gasteiger partial charge in [0.2, 0.25) is 0 Å². The van der Waals surface area contributed by atoms with E-state index in [2.05, 4.69) is 10.3 Å². The molecule has 0 radical (unpaired) electrons. The second-order valence-corrected chi connectivity index (χ2v) is 6.31. The Morgan fingerprint density at radius 3 is 3.10 bits per heavy atom. The SMILES string of the molecule is Nc1c(C(=O)NCC2CCC(O)C2)sc2cnccc12. The summed E-state index contributed by atoms with van der Waals surface area (Å²) in [4.78, 5) is 16.8. The Bertz CT molecular complexity index is 640. The molecular formula is C14H17N3O2S. The summed E-state index contributed by atoms with van der Waals surface area (Å²) < 4.78 is 0.923. The minimum atomic E-state index is -0.211. The van der Waals surface area contributed by atoms with Crippen LogP contribution in [0.1, 0.15) is 28.9 Å². The second-order valence-electron chi connectivity index (χ2n) is 5.26. The predicted molar refractivity (Wildman–Crippen MR) is 79.7 cm³/mol. The maximum Gasteiger partial charge on any atom is 0.263 e. The van der Waals surface area contributed by atoms with Crippen LogP contribution in [0.3, 0.4) is 0 Å². The molecule has 1 amide bonds. The monoisotopic (exact) mass is 291 g/mol. The van der Waals surface area contributed by atoms with Gasteiger partial charge in [0.25, 0.3) is 5.91 Å². The van der Waals surface area contributed by atoms with E-state index in [-0.39, 0.29) is 12.0 Å². The largest absolute Gasteiger partial charge is 0.397 e. The van der Waals surface area contributed by atoms with E-state index in [4.69, 9.17) is 5.73 Å². The normalized spacial score (nSPS) is 22.2. The summed E-state index contributed by atoms with van der Waals surface area (Å²) in [5, 5.41) is 13.3. The lowest BCUT2D eigenvalue weighted by Gasteiger charge is -2.10. The zero-order valence-corrected chi connectivity index (χ0v) is 11.8. The van der Waals surface area contributed by atoms with Gasteiger partial charge in [-0.15, -0.1) is 11.3 Å². The van der Waals surface area contributed by atoms with Crippen LogP contribution in [0.15, 0.2) is 18.5 Å². The lowest BCUT2D eigenvalue weighted by molar-refractivity contribution is 0.0950. The molecule has 6 heteroatoms. The first-order valence-corrected chi connectivity index (χ1v) is 7.55. The number of rotatable bonds is 3. The number of nitrogens with one attached hydrogen (secondary N) is 1. The van der Waals surface area contributed by atoms with Crippen molar-refractivity contribution >= 4 is 33.0 Å². The third kappa shape index (κ3) is 2.48. The molecule has 2 unspecified atom stereocenters. The molecule has 2 atom stereocenters. The highest BCUT2D eigenvalue weighted by Gasteiger charge is 2.24. The Morgan fingerprint density at radius 1 is 1.55 bits per heavy atom. The van der Waals surface area contributed by atoms with Crippen molar-refractivity contribution in [1.82, 2.24) is 10.3 Å². The first kappa shape index (κ1) is 13.3. The van der Waals surface area contributed by atoms with E-state index in [1.807, 2.05) is 6.07 Å². The molecular weight excluding hydrogens is 274 g/mol. The van der Waals surface area contributed by atoms with Crippen LogP contribution < -0.4 is 11.1 Å². The molecule has 5 nitrogen and oxygen atoms in total. The van der Waals surface area contributed by atoms with E-state index in [1.54, 1.807) is 12.4 Å². The number of hydrogen-bond acceptors (Lipinski definition) is 5. The fourth-order valence-corrected chi connectivity index (χ4v) is 3.70. The molecule has 4 N–H and O–H groups in total. The van der Waals surface area contributed by atoms with Crippen LogP contribution >= 0.6 is 11.3 Å². The summed E-state index contributed by atoms with van der Waals surface area (Å²) in [6.07, 6.45) is 5.75. The molecule has 106 valence electrons. The summed E-state index contributed by atoms with van der Waals surface area (Å²) in [5.74, 6) is 0.233. The number of amides is 1. The van der Waals surface area contributed by atoms with Crippen molar-refractivity contribution in [2.75, 3.05) is 12.3 Å². The number of anilines is 1. The van der Waals surface area contributed by atoms with E-state index < -0.39 is 0 Å². The zero-order valence-electron chi connectivity index (χ0n) is 11.0. The molecule has 0 saturated heterocycles. The molecule has 1 saturated carbocycles. The Labute approximate surface area is 120 Å². The Hall–Kier alpha value is -1.66. The van der Waals surface area contributed by atoms with Crippen molar-refractivity contribution in [2.45, 2.75) is 25.4 Å². The predicted octanol–water partition coefficient (Wildman–Crippen LogP) is 1.77. The molecule has 0 aromatic carbocycles. The maximum atomic E-state index is 12.2. The average Bonchev–Trinajstić information content (AvgIpc) is 3.01. The van der Waals surface area contributed by atoms with Gasteiger partial charge in [0.15, 0.2) is 0 Å². The number of aliphatic hydroxyl groups is 1. The number of pyridine rings is 1. The Balaban J connectivity index is 1.71. The van der Waals surface area contributed by atoms with Crippen LogP contribution in [0.2, 0.25) is 0 Å². The number of aliphatic hydroxyl groups excluding tert-OH is 1. The van der Waals surface area contributed by atoms with Crippen molar-refractivity contribution in [3.63, 3.8) is 0 Å². The molecule has 2 heterocycles. The topological polar surface area (TPSA) is 88.2 Å². The lowest BCUT2D eigenvalue weighted by atomic mass is 10.1. The molecule has 0 spiro atoms. The van der Waals surface area contributed by atoms with Gasteiger partial charge in [-0.1, -0.05) is 0 Å². The highest BCUT2D eigenvalue weighted by Crippen LogP contribution is 2.33. The average molecular weight is 291 g/mol. The third-order valence-corrected chi connectivity index (χ3v) is 4.96. The number of thiophene rings is 1. The van der Waals surface area contributed by atoms with Crippen molar-refractivity contribution in [1.29, 1.82) is 0 Å². The number of hydrogen-bond donors (Lipinski definition) is 3. The molecule has 1 fully saturated rings. The first-order chi connectivity index (χ1) is 9.65. The molecule has 3 rings (SSSR count). The fraction of sp³-hybridized carbons (Fsp3) is 0.429. The van der Waals surface area contributed by atoms with Crippen molar-refractivity contribution < 1.29 is 9.90 Å². The molecule has 2 aromatic rings. The first-order valence-electron chi connectivity index (χ1n) is 6.73. The van der Waals surface area contributed by atoms with E-state index in [0.717, 1.165) is 29.3 Å². The highest BCUT2D eigenvalue weighted by molar-refractivity contribution is 7.21. The number of nitrogen functional groups attached to an aromatic ring is 1. The maximum absolute atomic E-state index is 12.2. The Kier molecular flexibility index (Phi) is 3.58.